The van der Waals surface area contributed by atoms with Gasteiger partial charge < -0.3 is 0 Å². The maximum atomic E-state index is 12.2. The van der Waals surface area contributed by atoms with Crippen LogP contribution in [0.3, 0.4) is 0 Å². The lowest BCUT2D eigenvalue weighted by atomic mass is 10.0. The topological polar surface area (TPSA) is 17.1 Å². The summed E-state index contributed by atoms with van der Waals surface area (Å²) in [5.41, 5.74) is -1.04. The third-order valence-corrected chi connectivity index (χ3v) is 1.78. The van der Waals surface area contributed by atoms with Gasteiger partial charge in [-0.15, -0.1) is 0 Å². The largest absolute Gasteiger partial charge is 0.419 e. The van der Waals surface area contributed by atoms with Crippen molar-refractivity contribution >= 4 is 5.78 Å². The number of rotatable bonds is 3. The standard InChI is InChI=1S/C9H13F3O/c1-4-6(2)5-8(7(3)13)9(10,11)12/h5-6H,4H2,1-3H3/b8-5-. The molecule has 0 spiro atoms. The van der Waals surface area contributed by atoms with Crippen LogP contribution in [-0.2, 0) is 4.79 Å². The molecule has 4 heteroatoms. The van der Waals surface area contributed by atoms with Crippen LogP contribution in [0.1, 0.15) is 27.2 Å². The summed E-state index contributed by atoms with van der Waals surface area (Å²) in [5, 5.41) is 0. The highest BCUT2D eigenvalue weighted by Crippen LogP contribution is 2.27. The molecule has 76 valence electrons. The van der Waals surface area contributed by atoms with Crippen molar-refractivity contribution in [1.29, 1.82) is 0 Å². The molecule has 0 saturated carbocycles. The van der Waals surface area contributed by atoms with Crippen LogP contribution in [-0.4, -0.2) is 12.0 Å². The number of alkyl halides is 3. The average molecular weight is 194 g/mol. The number of carbonyl (C=O) groups excluding carboxylic acids is 1. The fourth-order valence-corrected chi connectivity index (χ4v) is 0.814. The van der Waals surface area contributed by atoms with Gasteiger partial charge >= 0.3 is 6.18 Å². The van der Waals surface area contributed by atoms with Gasteiger partial charge in [-0.1, -0.05) is 26.3 Å². The normalized spacial score (nSPS) is 15.7. The van der Waals surface area contributed by atoms with Gasteiger partial charge in [-0.05, 0) is 12.8 Å². The maximum absolute atomic E-state index is 12.2. The third kappa shape index (κ3) is 4.10. The highest BCUT2D eigenvalue weighted by Gasteiger charge is 2.36. The first kappa shape index (κ1) is 12.2. The molecule has 0 aromatic carbocycles. The molecular weight excluding hydrogens is 181 g/mol. The van der Waals surface area contributed by atoms with Crippen LogP contribution in [0, 0.1) is 5.92 Å². The smallest absolute Gasteiger partial charge is 0.295 e. The fourth-order valence-electron chi connectivity index (χ4n) is 0.814. The van der Waals surface area contributed by atoms with Crippen LogP contribution >= 0.6 is 0 Å². The summed E-state index contributed by atoms with van der Waals surface area (Å²) in [7, 11) is 0. The number of hydrogen-bond acceptors (Lipinski definition) is 1. The minimum absolute atomic E-state index is 0.222. The van der Waals surface area contributed by atoms with Crippen LogP contribution < -0.4 is 0 Å². The second-order valence-corrected chi connectivity index (χ2v) is 3.02. The molecule has 0 fully saturated rings. The average Bonchev–Trinajstić information content (AvgIpc) is 1.96. The second kappa shape index (κ2) is 4.44. The van der Waals surface area contributed by atoms with Crippen molar-refractivity contribution in [3.05, 3.63) is 11.6 Å². The van der Waals surface area contributed by atoms with Crippen LogP contribution in [0.5, 0.6) is 0 Å². The molecule has 0 aromatic heterocycles. The van der Waals surface area contributed by atoms with E-state index in [4.69, 9.17) is 0 Å². The number of allylic oxidation sites excluding steroid dienone is 2. The number of halogens is 3. The fraction of sp³-hybridized carbons (Fsp3) is 0.667. The minimum atomic E-state index is -4.52. The lowest BCUT2D eigenvalue weighted by molar-refractivity contribution is -0.127. The Morgan fingerprint density at radius 1 is 1.46 bits per heavy atom. The molecule has 1 unspecified atom stereocenters. The summed E-state index contributed by atoms with van der Waals surface area (Å²) in [6.07, 6.45) is -2.94. The van der Waals surface area contributed by atoms with Gasteiger partial charge in [-0.2, -0.15) is 13.2 Å². The monoisotopic (exact) mass is 194 g/mol. The van der Waals surface area contributed by atoms with E-state index in [0.717, 1.165) is 13.0 Å². The summed E-state index contributed by atoms with van der Waals surface area (Å²) in [6, 6.07) is 0. The van der Waals surface area contributed by atoms with E-state index in [1.165, 1.54) is 0 Å². The van der Waals surface area contributed by atoms with Crippen molar-refractivity contribution in [3.63, 3.8) is 0 Å². The molecule has 13 heavy (non-hydrogen) atoms. The van der Waals surface area contributed by atoms with E-state index < -0.39 is 17.5 Å². The van der Waals surface area contributed by atoms with E-state index in [-0.39, 0.29) is 5.92 Å². The van der Waals surface area contributed by atoms with E-state index >= 15 is 0 Å². The molecule has 1 nitrogen and oxygen atoms in total. The van der Waals surface area contributed by atoms with Gasteiger partial charge in [0.25, 0.3) is 0 Å². The van der Waals surface area contributed by atoms with E-state index in [1.807, 2.05) is 0 Å². The maximum Gasteiger partial charge on any atom is 0.419 e. The first-order valence-electron chi connectivity index (χ1n) is 4.09. The Hall–Kier alpha value is -0.800. The SMILES string of the molecule is CCC(C)/C=C(/C(C)=O)C(F)(F)F. The van der Waals surface area contributed by atoms with E-state index in [9.17, 15) is 18.0 Å². The molecule has 0 N–H and O–H groups in total. The van der Waals surface area contributed by atoms with E-state index in [1.54, 1.807) is 13.8 Å². The first-order valence-corrected chi connectivity index (χ1v) is 4.09. The van der Waals surface area contributed by atoms with Crippen molar-refractivity contribution < 1.29 is 18.0 Å². The van der Waals surface area contributed by atoms with Crippen molar-refractivity contribution in [3.8, 4) is 0 Å². The lowest BCUT2D eigenvalue weighted by Gasteiger charge is -2.10. The molecular formula is C9H13F3O. The van der Waals surface area contributed by atoms with E-state index in [2.05, 4.69) is 0 Å². The summed E-state index contributed by atoms with van der Waals surface area (Å²) in [5.74, 6) is -1.15. The van der Waals surface area contributed by atoms with Crippen LogP contribution in [0.2, 0.25) is 0 Å². The predicted molar refractivity (Wildman–Crippen MR) is 44.3 cm³/mol. The van der Waals surface area contributed by atoms with Crippen molar-refractivity contribution in [1.82, 2.24) is 0 Å². The Morgan fingerprint density at radius 3 is 2.15 bits per heavy atom. The number of ketones is 1. The van der Waals surface area contributed by atoms with Crippen molar-refractivity contribution in [2.24, 2.45) is 5.92 Å². The predicted octanol–water partition coefficient (Wildman–Crippen LogP) is 3.11. The minimum Gasteiger partial charge on any atom is -0.295 e. The van der Waals surface area contributed by atoms with E-state index in [0.29, 0.717) is 6.42 Å². The molecule has 0 aliphatic rings. The molecule has 1 atom stereocenters. The van der Waals surface area contributed by atoms with Crippen LogP contribution in [0.15, 0.2) is 11.6 Å². The van der Waals surface area contributed by atoms with Gasteiger partial charge in [0.15, 0.2) is 5.78 Å². The summed E-state index contributed by atoms with van der Waals surface area (Å²) < 4.78 is 36.5. The Balaban J connectivity index is 4.82. The molecule has 0 bridgehead atoms. The highest BCUT2D eigenvalue weighted by atomic mass is 19.4. The molecule has 0 radical (unpaired) electrons. The molecule has 0 rings (SSSR count). The highest BCUT2D eigenvalue weighted by molar-refractivity contribution is 5.94. The second-order valence-electron chi connectivity index (χ2n) is 3.02. The quantitative estimate of drug-likeness (QED) is 0.631. The van der Waals surface area contributed by atoms with Gasteiger partial charge in [0.1, 0.15) is 0 Å². The van der Waals surface area contributed by atoms with Gasteiger partial charge in [-0.25, -0.2) is 0 Å². The lowest BCUT2D eigenvalue weighted by Crippen LogP contribution is -2.19. The molecule has 0 saturated heterocycles. The van der Waals surface area contributed by atoms with Gasteiger partial charge in [0, 0.05) is 0 Å². The van der Waals surface area contributed by atoms with Crippen molar-refractivity contribution in [2.75, 3.05) is 0 Å². The molecule has 0 aromatic rings. The Bertz CT molecular complexity index is 215. The van der Waals surface area contributed by atoms with Gasteiger partial charge in [0.05, 0.1) is 5.57 Å². The molecule has 0 heterocycles. The Kier molecular flexibility index (Phi) is 4.17. The molecule has 0 aliphatic carbocycles. The van der Waals surface area contributed by atoms with Crippen LogP contribution in [0.25, 0.3) is 0 Å². The van der Waals surface area contributed by atoms with Crippen molar-refractivity contribution in [2.45, 2.75) is 33.4 Å². The number of hydrogen-bond donors (Lipinski definition) is 0. The first-order chi connectivity index (χ1) is 5.79. The third-order valence-electron chi connectivity index (χ3n) is 1.78. The molecule has 0 aliphatic heterocycles. The zero-order valence-electron chi connectivity index (χ0n) is 7.90. The molecule has 0 amide bonds. The Labute approximate surface area is 75.6 Å². The Morgan fingerprint density at radius 2 is 1.92 bits per heavy atom. The summed E-state index contributed by atoms with van der Waals surface area (Å²) in [4.78, 5) is 10.7. The number of Topliss-reactive ketones (excluding diaryl/α,β-unsaturated/α-hetero) is 1. The zero-order valence-corrected chi connectivity index (χ0v) is 7.90. The van der Waals surface area contributed by atoms with Gasteiger partial charge in [-0.3, -0.25) is 4.79 Å². The zero-order chi connectivity index (χ0) is 10.6. The van der Waals surface area contributed by atoms with Gasteiger partial charge in [0.2, 0.25) is 0 Å². The summed E-state index contributed by atoms with van der Waals surface area (Å²) in [6.45, 7) is 4.35. The summed E-state index contributed by atoms with van der Waals surface area (Å²) >= 11 is 0. The number of carbonyl (C=O) groups is 1. The van der Waals surface area contributed by atoms with Crippen LogP contribution in [0.4, 0.5) is 13.2 Å².